The lowest BCUT2D eigenvalue weighted by Crippen LogP contribution is -2.46. The van der Waals surface area contributed by atoms with Crippen LogP contribution in [-0.2, 0) is 31.8 Å². The van der Waals surface area contributed by atoms with E-state index in [-0.39, 0.29) is 49.5 Å². The molecule has 0 bridgehead atoms. The number of nitrogens with one attached hydrogen (secondary N) is 2. The van der Waals surface area contributed by atoms with E-state index in [4.69, 9.17) is 10.8 Å². The monoisotopic (exact) mass is 636 g/mol. The van der Waals surface area contributed by atoms with Gasteiger partial charge >= 0.3 is 18.1 Å². The molecule has 0 saturated carbocycles. The summed E-state index contributed by atoms with van der Waals surface area (Å²) in [6.45, 7) is 4.25. The molecule has 3 rings (SSSR count). The van der Waals surface area contributed by atoms with Crippen LogP contribution in [0, 0.1) is 17.8 Å². The Bertz CT molecular complexity index is 1050. The second kappa shape index (κ2) is 18.7. The van der Waals surface area contributed by atoms with Gasteiger partial charge in [0.25, 0.3) is 0 Å². The van der Waals surface area contributed by atoms with Crippen LogP contribution in [0.15, 0.2) is 24.3 Å². The number of halogens is 4. The minimum absolute atomic E-state index is 0. The van der Waals surface area contributed by atoms with Gasteiger partial charge in [-0.25, -0.2) is 0 Å². The number of benzene rings is 1. The number of carbonyl (C=O) groups excluding carboxylic acids is 2. The molecule has 6 N–H and O–H groups in total. The van der Waals surface area contributed by atoms with Gasteiger partial charge in [-0.2, -0.15) is 13.2 Å². The maximum Gasteiger partial charge on any atom is 0.416 e. The number of aryl methyl sites for hydroxylation is 1. The molecule has 0 radical (unpaired) electrons. The third-order valence-electron chi connectivity index (χ3n) is 7.67. The number of rotatable bonds is 11. The normalized spacial score (nSPS) is 18.7. The number of nitrogens with two attached hydrogens (primary N) is 1. The van der Waals surface area contributed by atoms with Crippen LogP contribution in [0.5, 0.6) is 0 Å². The Morgan fingerprint density at radius 1 is 1.12 bits per heavy atom. The van der Waals surface area contributed by atoms with Gasteiger partial charge < -0.3 is 31.5 Å². The SMILES string of the molecule is CC(N)C(=O)O.Cl.O=C(O)[C@H](CCc1cccc(C(F)(F)F)c1)CNC(=O)[C@@H]1CCCN(C(=O)CCC2CCNCC2)C1. The zero-order chi connectivity index (χ0) is 31.3. The Balaban J connectivity index is 0.00000120. The largest absolute Gasteiger partial charge is 0.481 e. The van der Waals surface area contributed by atoms with Gasteiger partial charge in [0.05, 0.1) is 17.4 Å². The van der Waals surface area contributed by atoms with E-state index in [1.54, 1.807) is 4.90 Å². The number of piperidine rings is 2. The van der Waals surface area contributed by atoms with Crippen molar-refractivity contribution in [3.8, 4) is 0 Å². The van der Waals surface area contributed by atoms with Gasteiger partial charge in [0.15, 0.2) is 0 Å². The van der Waals surface area contributed by atoms with Crippen molar-refractivity contribution in [2.24, 2.45) is 23.5 Å². The van der Waals surface area contributed by atoms with Gasteiger partial charge in [-0.1, -0.05) is 18.2 Å². The number of alkyl halides is 3. The molecule has 244 valence electrons. The molecule has 43 heavy (non-hydrogen) atoms. The number of amides is 2. The van der Waals surface area contributed by atoms with Crippen molar-refractivity contribution in [1.82, 2.24) is 15.5 Å². The number of aliphatic carboxylic acids is 2. The molecule has 2 aliphatic heterocycles. The first-order valence-corrected chi connectivity index (χ1v) is 14.4. The molecular formula is C29H44ClF3N4O6. The number of likely N-dealkylation sites (tertiary alicyclic amines) is 1. The molecule has 0 spiro atoms. The van der Waals surface area contributed by atoms with Crippen LogP contribution in [0.1, 0.15) is 63.0 Å². The van der Waals surface area contributed by atoms with E-state index in [1.807, 2.05) is 0 Å². The van der Waals surface area contributed by atoms with E-state index in [1.165, 1.54) is 19.1 Å². The number of nitrogens with zero attached hydrogens (tertiary/aromatic N) is 1. The summed E-state index contributed by atoms with van der Waals surface area (Å²) < 4.78 is 38.8. The highest BCUT2D eigenvalue weighted by atomic mass is 35.5. The molecule has 0 aliphatic carbocycles. The highest BCUT2D eigenvalue weighted by Crippen LogP contribution is 2.30. The van der Waals surface area contributed by atoms with Crippen LogP contribution in [0.2, 0.25) is 0 Å². The van der Waals surface area contributed by atoms with Gasteiger partial charge in [0.2, 0.25) is 11.8 Å². The van der Waals surface area contributed by atoms with Gasteiger partial charge in [-0.3, -0.25) is 19.2 Å². The van der Waals surface area contributed by atoms with E-state index in [2.05, 4.69) is 10.6 Å². The zero-order valence-electron chi connectivity index (χ0n) is 24.4. The Morgan fingerprint density at radius 2 is 1.77 bits per heavy atom. The van der Waals surface area contributed by atoms with Crippen LogP contribution in [0.25, 0.3) is 0 Å². The molecule has 14 heteroatoms. The van der Waals surface area contributed by atoms with E-state index in [0.29, 0.717) is 37.4 Å². The second-order valence-corrected chi connectivity index (χ2v) is 11.1. The van der Waals surface area contributed by atoms with Crippen LogP contribution in [0.3, 0.4) is 0 Å². The van der Waals surface area contributed by atoms with Crippen LogP contribution in [-0.4, -0.2) is 77.6 Å². The van der Waals surface area contributed by atoms with E-state index in [9.17, 15) is 37.5 Å². The van der Waals surface area contributed by atoms with Crippen molar-refractivity contribution in [3.05, 3.63) is 35.4 Å². The van der Waals surface area contributed by atoms with Crippen molar-refractivity contribution < 1.29 is 42.6 Å². The maximum absolute atomic E-state index is 12.9. The number of carboxylic acid groups (broad SMARTS) is 2. The first-order chi connectivity index (χ1) is 19.8. The van der Waals surface area contributed by atoms with Gasteiger partial charge in [-0.15, -0.1) is 12.4 Å². The lowest BCUT2D eigenvalue weighted by molar-refractivity contribution is -0.142. The first-order valence-electron chi connectivity index (χ1n) is 14.4. The predicted octanol–water partition coefficient (Wildman–Crippen LogP) is 3.31. The van der Waals surface area contributed by atoms with Crippen molar-refractivity contribution in [1.29, 1.82) is 0 Å². The maximum atomic E-state index is 12.9. The lowest BCUT2D eigenvalue weighted by atomic mass is 9.92. The predicted molar refractivity (Wildman–Crippen MR) is 157 cm³/mol. The Labute approximate surface area is 256 Å². The Morgan fingerprint density at radius 3 is 2.35 bits per heavy atom. The van der Waals surface area contributed by atoms with Crippen molar-refractivity contribution >= 4 is 36.2 Å². The fourth-order valence-corrected chi connectivity index (χ4v) is 5.00. The molecule has 2 amide bonds. The van der Waals surface area contributed by atoms with Gasteiger partial charge in [0, 0.05) is 26.1 Å². The van der Waals surface area contributed by atoms with Crippen molar-refractivity contribution in [2.45, 2.75) is 70.5 Å². The minimum atomic E-state index is -4.46. The van der Waals surface area contributed by atoms with Crippen LogP contribution < -0.4 is 16.4 Å². The smallest absolute Gasteiger partial charge is 0.416 e. The molecule has 2 aliphatic rings. The van der Waals surface area contributed by atoms with E-state index in [0.717, 1.165) is 50.9 Å². The molecule has 10 nitrogen and oxygen atoms in total. The summed E-state index contributed by atoms with van der Waals surface area (Å²) >= 11 is 0. The molecule has 1 aromatic rings. The standard InChI is InChI=1S/C26H36F3N3O4.C3H7NO2.ClH/c27-26(28,29)22-5-1-3-19(15-22)6-8-20(25(35)36)16-31-24(34)21-4-2-14-32(17-21)23(33)9-7-18-10-12-30-13-11-18;1-2(4)3(5)6;/h1,3,5,15,18,20-21,30H,2,4,6-14,16-17H2,(H,31,34)(H,35,36);2H,4H2,1H3,(H,5,6);1H/t20-,21-;;/m1../s1. The fraction of sp³-hybridized carbons (Fsp3) is 0.655. The molecule has 1 unspecified atom stereocenters. The summed E-state index contributed by atoms with van der Waals surface area (Å²) in [5, 5.41) is 23.4. The number of carbonyl (C=O) groups is 4. The second-order valence-electron chi connectivity index (χ2n) is 11.1. The highest BCUT2D eigenvalue weighted by molar-refractivity contribution is 5.85. The molecule has 1 aromatic carbocycles. The summed E-state index contributed by atoms with van der Waals surface area (Å²) in [6.07, 6.45) is 0.644. The Kier molecular flexibility index (Phi) is 16.6. The number of carboxylic acids is 2. The number of hydrogen-bond donors (Lipinski definition) is 5. The quantitative estimate of drug-likeness (QED) is 0.247. The van der Waals surface area contributed by atoms with Crippen LogP contribution >= 0.6 is 12.4 Å². The number of hydrogen-bond acceptors (Lipinski definition) is 6. The average Bonchev–Trinajstić information content (AvgIpc) is 2.96. The van der Waals surface area contributed by atoms with E-state index < -0.39 is 35.6 Å². The molecular weight excluding hydrogens is 593 g/mol. The van der Waals surface area contributed by atoms with Crippen molar-refractivity contribution in [2.75, 3.05) is 32.7 Å². The zero-order valence-corrected chi connectivity index (χ0v) is 25.2. The van der Waals surface area contributed by atoms with E-state index >= 15 is 0 Å². The molecule has 3 atom stereocenters. The average molecular weight is 637 g/mol. The molecule has 0 aromatic heterocycles. The van der Waals surface area contributed by atoms with Crippen LogP contribution in [0.4, 0.5) is 13.2 Å². The van der Waals surface area contributed by atoms with Crippen molar-refractivity contribution in [3.63, 3.8) is 0 Å². The summed E-state index contributed by atoms with van der Waals surface area (Å²) in [4.78, 5) is 48.5. The summed E-state index contributed by atoms with van der Waals surface area (Å²) in [5.74, 6) is -3.04. The summed E-state index contributed by atoms with van der Waals surface area (Å²) in [5.41, 5.74) is 4.46. The lowest BCUT2D eigenvalue weighted by Gasteiger charge is -2.33. The first kappa shape index (κ1) is 38.1. The summed E-state index contributed by atoms with van der Waals surface area (Å²) in [7, 11) is 0. The third kappa shape index (κ3) is 14.0. The third-order valence-corrected chi connectivity index (χ3v) is 7.67. The molecule has 2 fully saturated rings. The highest BCUT2D eigenvalue weighted by Gasteiger charge is 2.31. The minimum Gasteiger partial charge on any atom is -0.481 e. The molecule has 2 saturated heterocycles. The van der Waals surface area contributed by atoms with Gasteiger partial charge in [-0.05, 0) is 82.5 Å². The Hall–Kier alpha value is -2.90. The molecule has 2 heterocycles. The topological polar surface area (TPSA) is 162 Å². The fourth-order valence-electron chi connectivity index (χ4n) is 5.00. The van der Waals surface area contributed by atoms with Gasteiger partial charge in [0.1, 0.15) is 6.04 Å². The summed E-state index contributed by atoms with van der Waals surface area (Å²) in [6, 6.07) is 4.11.